The summed E-state index contributed by atoms with van der Waals surface area (Å²) in [5, 5.41) is 2.75. The van der Waals surface area contributed by atoms with Crippen molar-refractivity contribution in [2.75, 3.05) is 6.54 Å². The van der Waals surface area contributed by atoms with Gasteiger partial charge in [-0.2, -0.15) is 0 Å². The highest BCUT2D eigenvalue weighted by Gasteiger charge is 2.31. The Balaban J connectivity index is 1.85. The SMILES string of the molecule is C[C@@H](NC(=O)CCNS(=O)(=O)c1ccc(OC(F)(F)F)cc1)c1ccccc1. The largest absolute Gasteiger partial charge is 0.573 e. The van der Waals surface area contributed by atoms with Gasteiger partial charge in [0.05, 0.1) is 10.9 Å². The van der Waals surface area contributed by atoms with Gasteiger partial charge in [0.1, 0.15) is 5.75 Å². The molecule has 0 radical (unpaired) electrons. The molecule has 2 aromatic carbocycles. The Kier molecular flexibility index (Phi) is 7.03. The molecular formula is C18H19F3N2O4S. The summed E-state index contributed by atoms with van der Waals surface area (Å²) in [6, 6.07) is 12.8. The summed E-state index contributed by atoms with van der Waals surface area (Å²) < 4.78 is 66.6. The van der Waals surface area contributed by atoms with Crippen molar-refractivity contribution in [2.24, 2.45) is 0 Å². The zero-order valence-electron chi connectivity index (χ0n) is 14.9. The van der Waals surface area contributed by atoms with E-state index in [1.165, 1.54) is 0 Å². The van der Waals surface area contributed by atoms with Crippen LogP contribution in [0.3, 0.4) is 0 Å². The van der Waals surface area contributed by atoms with Gasteiger partial charge in [-0.15, -0.1) is 13.2 Å². The fourth-order valence-electron chi connectivity index (χ4n) is 2.34. The van der Waals surface area contributed by atoms with Crippen molar-refractivity contribution < 1.29 is 31.1 Å². The average Bonchev–Trinajstić information content (AvgIpc) is 2.61. The Morgan fingerprint density at radius 2 is 1.68 bits per heavy atom. The number of halogens is 3. The standard InChI is InChI=1S/C18H19F3N2O4S/c1-13(14-5-3-2-4-6-14)23-17(24)11-12-22-28(25,26)16-9-7-15(8-10-16)27-18(19,20)21/h2-10,13,22H,11-12H2,1H3,(H,23,24)/t13-/m1/s1. The van der Waals surface area contributed by atoms with Crippen molar-refractivity contribution in [2.45, 2.75) is 30.6 Å². The predicted molar refractivity (Wildman–Crippen MR) is 95.9 cm³/mol. The Morgan fingerprint density at radius 1 is 1.07 bits per heavy atom. The number of ether oxygens (including phenoxy) is 1. The van der Waals surface area contributed by atoms with E-state index in [0.717, 1.165) is 29.8 Å². The molecule has 152 valence electrons. The molecule has 28 heavy (non-hydrogen) atoms. The number of benzene rings is 2. The molecule has 1 amide bonds. The van der Waals surface area contributed by atoms with E-state index < -0.39 is 22.1 Å². The minimum Gasteiger partial charge on any atom is -0.406 e. The van der Waals surface area contributed by atoms with E-state index in [2.05, 4.69) is 14.8 Å². The molecule has 2 aromatic rings. The summed E-state index contributed by atoms with van der Waals surface area (Å²) in [6.45, 7) is 1.65. The number of nitrogens with one attached hydrogen (secondary N) is 2. The first-order valence-corrected chi connectivity index (χ1v) is 9.75. The lowest BCUT2D eigenvalue weighted by Gasteiger charge is -2.14. The van der Waals surface area contributed by atoms with Gasteiger partial charge in [0.2, 0.25) is 15.9 Å². The molecule has 0 saturated carbocycles. The van der Waals surface area contributed by atoms with Crippen molar-refractivity contribution in [3.05, 3.63) is 60.2 Å². The quantitative estimate of drug-likeness (QED) is 0.693. The summed E-state index contributed by atoms with van der Waals surface area (Å²) in [5.74, 6) is -0.867. The monoisotopic (exact) mass is 416 g/mol. The Bertz CT molecular complexity index is 885. The summed E-state index contributed by atoms with van der Waals surface area (Å²) >= 11 is 0. The van der Waals surface area contributed by atoms with Gasteiger partial charge in [-0.25, -0.2) is 13.1 Å². The van der Waals surface area contributed by atoms with E-state index >= 15 is 0 Å². The number of rotatable bonds is 8. The van der Waals surface area contributed by atoms with Crippen LogP contribution in [0.25, 0.3) is 0 Å². The summed E-state index contributed by atoms with van der Waals surface area (Å²) in [7, 11) is -3.96. The minimum atomic E-state index is -4.86. The second-order valence-corrected chi connectivity index (χ2v) is 7.63. The molecule has 0 fully saturated rings. The maximum atomic E-state index is 12.1. The second kappa shape index (κ2) is 9.07. The highest BCUT2D eigenvalue weighted by Crippen LogP contribution is 2.23. The van der Waals surface area contributed by atoms with Gasteiger partial charge in [-0.1, -0.05) is 30.3 Å². The molecule has 0 aromatic heterocycles. The van der Waals surface area contributed by atoms with Gasteiger partial charge in [-0.3, -0.25) is 4.79 Å². The highest BCUT2D eigenvalue weighted by molar-refractivity contribution is 7.89. The number of hydrogen-bond donors (Lipinski definition) is 2. The minimum absolute atomic E-state index is 0.0916. The normalized spacial score (nSPS) is 13.0. The molecular weight excluding hydrogens is 397 g/mol. The lowest BCUT2D eigenvalue weighted by atomic mass is 10.1. The summed E-state index contributed by atoms with van der Waals surface area (Å²) in [5.41, 5.74) is 0.914. The number of hydrogen-bond acceptors (Lipinski definition) is 4. The number of carbonyl (C=O) groups excluding carboxylic acids is 1. The first kappa shape index (κ1) is 21.7. The maximum Gasteiger partial charge on any atom is 0.573 e. The van der Waals surface area contributed by atoms with Crippen molar-refractivity contribution in [3.8, 4) is 5.75 Å². The van der Waals surface area contributed by atoms with Gasteiger partial charge in [-0.05, 0) is 36.8 Å². The molecule has 0 spiro atoms. The van der Waals surface area contributed by atoms with Gasteiger partial charge < -0.3 is 10.1 Å². The number of amides is 1. The van der Waals surface area contributed by atoms with Crippen molar-refractivity contribution >= 4 is 15.9 Å². The van der Waals surface area contributed by atoms with Crippen LogP contribution in [-0.4, -0.2) is 27.2 Å². The predicted octanol–water partition coefficient (Wildman–Crippen LogP) is 3.13. The van der Waals surface area contributed by atoms with Crippen molar-refractivity contribution in [1.29, 1.82) is 0 Å². The molecule has 1 atom stereocenters. The van der Waals surface area contributed by atoms with E-state index in [1.807, 2.05) is 37.3 Å². The van der Waals surface area contributed by atoms with Gasteiger partial charge >= 0.3 is 6.36 Å². The van der Waals surface area contributed by atoms with Crippen molar-refractivity contribution in [3.63, 3.8) is 0 Å². The van der Waals surface area contributed by atoms with Crippen LogP contribution in [0.2, 0.25) is 0 Å². The number of alkyl halides is 3. The van der Waals surface area contributed by atoms with Crippen LogP contribution in [0.4, 0.5) is 13.2 Å². The third-order valence-corrected chi connectivity index (χ3v) is 5.17. The molecule has 0 unspecified atom stereocenters. The topological polar surface area (TPSA) is 84.5 Å². The Labute approximate surface area is 160 Å². The molecule has 0 saturated heterocycles. The molecule has 2 rings (SSSR count). The molecule has 0 bridgehead atoms. The van der Waals surface area contributed by atoms with Crippen LogP contribution < -0.4 is 14.8 Å². The van der Waals surface area contributed by atoms with E-state index in [-0.39, 0.29) is 29.8 Å². The molecule has 0 heterocycles. The van der Waals surface area contributed by atoms with Crippen LogP contribution in [0.1, 0.15) is 24.9 Å². The molecule has 2 N–H and O–H groups in total. The van der Waals surface area contributed by atoms with Gasteiger partial charge in [0.15, 0.2) is 0 Å². The first-order chi connectivity index (χ1) is 13.1. The lowest BCUT2D eigenvalue weighted by molar-refractivity contribution is -0.274. The van der Waals surface area contributed by atoms with E-state index in [0.29, 0.717) is 0 Å². The molecule has 6 nitrogen and oxygen atoms in total. The number of carbonyl (C=O) groups is 1. The first-order valence-electron chi connectivity index (χ1n) is 8.26. The Morgan fingerprint density at radius 3 is 2.25 bits per heavy atom. The molecule has 0 aliphatic heterocycles. The summed E-state index contributed by atoms with van der Waals surface area (Å²) in [6.07, 6.45) is -4.95. The van der Waals surface area contributed by atoms with Gasteiger partial charge in [0.25, 0.3) is 0 Å². The second-order valence-electron chi connectivity index (χ2n) is 5.87. The average molecular weight is 416 g/mol. The van der Waals surface area contributed by atoms with E-state index in [9.17, 15) is 26.4 Å². The van der Waals surface area contributed by atoms with Crippen LogP contribution >= 0.6 is 0 Å². The zero-order valence-corrected chi connectivity index (χ0v) is 15.7. The van der Waals surface area contributed by atoms with Crippen LogP contribution in [-0.2, 0) is 14.8 Å². The molecule has 0 aliphatic rings. The van der Waals surface area contributed by atoms with Crippen LogP contribution in [0.15, 0.2) is 59.5 Å². The van der Waals surface area contributed by atoms with E-state index in [1.54, 1.807) is 0 Å². The lowest BCUT2D eigenvalue weighted by Crippen LogP contribution is -2.32. The zero-order chi connectivity index (χ0) is 20.8. The Hall–Kier alpha value is -2.59. The van der Waals surface area contributed by atoms with Crippen LogP contribution in [0, 0.1) is 0 Å². The highest BCUT2D eigenvalue weighted by atomic mass is 32.2. The fraction of sp³-hybridized carbons (Fsp3) is 0.278. The fourth-order valence-corrected chi connectivity index (χ4v) is 3.37. The third-order valence-electron chi connectivity index (χ3n) is 3.69. The smallest absolute Gasteiger partial charge is 0.406 e. The van der Waals surface area contributed by atoms with E-state index in [4.69, 9.17) is 0 Å². The maximum absolute atomic E-state index is 12.1. The molecule has 10 heteroatoms. The molecule has 0 aliphatic carbocycles. The third kappa shape index (κ3) is 6.86. The number of sulfonamides is 1. The van der Waals surface area contributed by atoms with Crippen LogP contribution in [0.5, 0.6) is 5.75 Å². The van der Waals surface area contributed by atoms with Gasteiger partial charge in [0, 0.05) is 13.0 Å². The summed E-state index contributed by atoms with van der Waals surface area (Å²) in [4.78, 5) is 11.7. The van der Waals surface area contributed by atoms with Crippen molar-refractivity contribution in [1.82, 2.24) is 10.0 Å².